The third-order valence-electron chi connectivity index (χ3n) is 7.85. The van der Waals surface area contributed by atoms with Gasteiger partial charge in [-0.15, -0.1) is 0 Å². The lowest BCUT2D eigenvalue weighted by Crippen LogP contribution is -2.41. The summed E-state index contributed by atoms with van der Waals surface area (Å²) in [7, 11) is 4.41. The van der Waals surface area contributed by atoms with E-state index in [0.29, 0.717) is 0 Å². The van der Waals surface area contributed by atoms with Gasteiger partial charge in [0.15, 0.2) is 0 Å². The highest BCUT2D eigenvalue weighted by Gasteiger charge is 2.23. The van der Waals surface area contributed by atoms with E-state index in [0.717, 1.165) is 36.2 Å². The van der Waals surface area contributed by atoms with Gasteiger partial charge in [0.2, 0.25) is 6.29 Å². The number of quaternary nitrogens is 1. The maximum atomic E-state index is 12.7. The van der Waals surface area contributed by atoms with Crippen molar-refractivity contribution in [3.8, 4) is 5.75 Å². The predicted octanol–water partition coefficient (Wildman–Crippen LogP) is 9.50. The molecule has 0 spiro atoms. The Labute approximate surface area is 246 Å². The molecule has 0 amide bonds. The number of hydrogen-bond acceptors (Lipinski definition) is 3. The van der Waals surface area contributed by atoms with Crippen molar-refractivity contribution in [3.63, 3.8) is 0 Å². The minimum Gasteiger partial charge on any atom is -0.455 e. The molecule has 0 aliphatic heterocycles. The maximum Gasteiger partial charge on any atom is 0.311 e. The molecule has 0 aromatic heterocycles. The molecule has 2 aromatic rings. The Morgan fingerprint density at radius 3 is 1.85 bits per heavy atom. The fraction of sp³-hybridized carbons (Fsp3) is 0.639. The number of ether oxygens (including phenoxy) is 2. The summed E-state index contributed by atoms with van der Waals surface area (Å²) in [6.07, 6.45) is 17.8. The summed E-state index contributed by atoms with van der Waals surface area (Å²) in [5.41, 5.74) is 2.65. The Bertz CT molecular complexity index is 909. The first-order valence-corrected chi connectivity index (χ1v) is 16.1. The lowest BCUT2D eigenvalue weighted by molar-refractivity contribution is -0.904. The molecule has 0 heterocycles. The van der Waals surface area contributed by atoms with Gasteiger partial charge in [-0.1, -0.05) is 127 Å². The zero-order valence-electron chi connectivity index (χ0n) is 26.3. The Morgan fingerprint density at radius 1 is 0.725 bits per heavy atom. The molecule has 0 fully saturated rings. The minimum atomic E-state index is -0.607. The zero-order valence-corrected chi connectivity index (χ0v) is 26.3. The van der Waals surface area contributed by atoms with E-state index in [4.69, 9.17) is 9.47 Å². The van der Waals surface area contributed by atoms with Crippen LogP contribution in [-0.2, 0) is 22.5 Å². The van der Waals surface area contributed by atoms with Crippen LogP contribution in [0, 0.1) is 5.92 Å². The van der Waals surface area contributed by atoms with E-state index >= 15 is 0 Å². The van der Waals surface area contributed by atoms with Gasteiger partial charge in [0.25, 0.3) is 0 Å². The highest BCUT2D eigenvalue weighted by Crippen LogP contribution is 2.19. The van der Waals surface area contributed by atoms with Crippen LogP contribution < -0.4 is 4.74 Å². The normalized spacial score (nSPS) is 13.1. The number of esters is 1. The molecule has 2 rings (SSSR count). The fourth-order valence-electron chi connectivity index (χ4n) is 5.22. The molecule has 0 saturated heterocycles. The second-order valence-corrected chi connectivity index (χ2v) is 12.4. The number of carbonyl (C=O) groups is 1. The molecule has 0 radical (unpaired) electrons. The van der Waals surface area contributed by atoms with Gasteiger partial charge in [-0.2, -0.15) is 0 Å². The van der Waals surface area contributed by atoms with Gasteiger partial charge in [0.1, 0.15) is 12.3 Å². The molecular formula is C36H58NO3+. The van der Waals surface area contributed by atoms with Crippen molar-refractivity contribution in [2.45, 2.75) is 123 Å². The van der Waals surface area contributed by atoms with Crippen LogP contribution in [0.4, 0.5) is 0 Å². The largest absolute Gasteiger partial charge is 0.455 e. The second kappa shape index (κ2) is 19.7. The van der Waals surface area contributed by atoms with Crippen LogP contribution in [0.5, 0.6) is 5.75 Å². The smallest absolute Gasteiger partial charge is 0.311 e. The highest BCUT2D eigenvalue weighted by molar-refractivity contribution is 5.72. The summed E-state index contributed by atoms with van der Waals surface area (Å²) in [6.45, 7) is 7.86. The highest BCUT2D eigenvalue weighted by atomic mass is 16.7. The Kier molecular flexibility index (Phi) is 16.7. The molecule has 2 unspecified atom stereocenters. The second-order valence-electron chi connectivity index (χ2n) is 12.4. The third-order valence-corrected chi connectivity index (χ3v) is 7.85. The van der Waals surface area contributed by atoms with E-state index < -0.39 is 6.29 Å². The van der Waals surface area contributed by atoms with E-state index in [2.05, 4.69) is 57.4 Å². The molecular weight excluding hydrogens is 494 g/mol. The first-order valence-electron chi connectivity index (χ1n) is 16.1. The van der Waals surface area contributed by atoms with E-state index in [-0.39, 0.29) is 11.9 Å². The molecule has 4 nitrogen and oxygen atoms in total. The average molecular weight is 553 g/mol. The van der Waals surface area contributed by atoms with Gasteiger partial charge in [0.05, 0.1) is 26.6 Å². The van der Waals surface area contributed by atoms with Gasteiger partial charge >= 0.3 is 5.97 Å². The molecule has 224 valence electrons. The molecule has 0 saturated carbocycles. The number of aryl methyl sites for hydroxylation is 1. The molecule has 0 aliphatic rings. The third kappa shape index (κ3) is 15.5. The van der Waals surface area contributed by atoms with Gasteiger partial charge in [-0.3, -0.25) is 4.79 Å². The van der Waals surface area contributed by atoms with Crippen LogP contribution in [0.1, 0.15) is 115 Å². The van der Waals surface area contributed by atoms with Gasteiger partial charge < -0.3 is 14.0 Å². The topological polar surface area (TPSA) is 35.5 Å². The zero-order chi connectivity index (χ0) is 29.1. The van der Waals surface area contributed by atoms with Crippen LogP contribution in [0.25, 0.3) is 0 Å². The van der Waals surface area contributed by atoms with Gasteiger partial charge in [0, 0.05) is 18.9 Å². The van der Waals surface area contributed by atoms with E-state index in [1.165, 1.54) is 88.2 Å². The van der Waals surface area contributed by atoms with Crippen molar-refractivity contribution in [2.75, 3.05) is 20.6 Å². The number of hydrogen-bond donors (Lipinski definition) is 0. The lowest BCUT2D eigenvalue weighted by atomic mass is 10.0. The van der Waals surface area contributed by atoms with Crippen molar-refractivity contribution in [2.24, 2.45) is 5.92 Å². The summed E-state index contributed by atoms with van der Waals surface area (Å²) < 4.78 is 12.3. The Balaban J connectivity index is 1.56. The molecule has 2 aromatic carbocycles. The minimum absolute atomic E-state index is 0.169. The molecule has 0 aliphatic carbocycles. The van der Waals surface area contributed by atoms with E-state index in [1.807, 2.05) is 25.1 Å². The van der Waals surface area contributed by atoms with Crippen molar-refractivity contribution >= 4 is 5.97 Å². The standard InChI is InChI=1S/C36H58NO3/c1-6-7-8-9-10-11-12-13-14-15-16-18-21-33-24-26-35(27-25-33)39-32(3)40-36(38)31(2)28-29-37(4,5)30-34-22-19-17-20-23-34/h17,19-20,22-27,31-32H,6-16,18,21,28-30H2,1-5H3/q+1. The van der Waals surface area contributed by atoms with Crippen LogP contribution in [0.2, 0.25) is 0 Å². The van der Waals surface area contributed by atoms with Crippen LogP contribution in [-0.4, -0.2) is 37.4 Å². The van der Waals surface area contributed by atoms with E-state index in [1.54, 1.807) is 6.92 Å². The summed E-state index contributed by atoms with van der Waals surface area (Å²) in [4.78, 5) is 12.7. The SMILES string of the molecule is CCCCCCCCCCCCCCc1ccc(OC(C)OC(=O)C(C)CC[N+](C)(C)Cc2ccccc2)cc1. The van der Waals surface area contributed by atoms with Crippen molar-refractivity contribution in [3.05, 3.63) is 65.7 Å². The molecule has 0 bridgehead atoms. The van der Waals surface area contributed by atoms with Gasteiger partial charge in [-0.05, 0) is 30.5 Å². The van der Waals surface area contributed by atoms with Gasteiger partial charge in [-0.25, -0.2) is 0 Å². The number of nitrogens with zero attached hydrogens (tertiary/aromatic N) is 1. The molecule has 4 heteroatoms. The number of benzene rings is 2. The summed E-state index contributed by atoms with van der Waals surface area (Å²) in [5.74, 6) is 0.375. The first kappa shape index (κ1) is 33.9. The quantitative estimate of drug-likeness (QED) is 0.0631. The Morgan fingerprint density at radius 2 is 1.27 bits per heavy atom. The summed E-state index contributed by atoms with van der Waals surface area (Å²) in [5, 5.41) is 0. The first-order chi connectivity index (χ1) is 19.3. The number of carbonyl (C=O) groups excluding carboxylic acids is 1. The fourth-order valence-corrected chi connectivity index (χ4v) is 5.22. The summed E-state index contributed by atoms with van der Waals surface area (Å²) >= 11 is 0. The van der Waals surface area contributed by atoms with Crippen molar-refractivity contribution in [1.82, 2.24) is 0 Å². The number of rotatable bonds is 22. The lowest BCUT2D eigenvalue weighted by Gasteiger charge is -2.31. The van der Waals surface area contributed by atoms with E-state index in [9.17, 15) is 4.79 Å². The predicted molar refractivity (Wildman–Crippen MR) is 168 cm³/mol. The Hall–Kier alpha value is -2.33. The van der Waals surface area contributed by atoms with Crippen LogP contribution in [0.15, 0.2) is 54.6 Å². The maximum absolute atomic E-state index is 12.7. The molecule has 40 heavy (non-hydrogen) atoms. The molecule has 0 N–H and O–H groups in total. The summed E-state index contributed by atoms with van der Waals surface area (Å²) in [6, 6.07) is 18.8. The van der Waals surface area contributed by atoms with Crippen molar-refractivity contribution < 1.29 is 18.8 Å². The molecule has 2 atom stereocenters. The average Bonchev–Trinajstić information content (AvgIpc) is 2.93. The monoisotopic (exact) mass is 552 g/mol. The van der Waals surface area contributed by atoms with Crippen LogP contribution in [0.3, 0.4) is 0 Å². The van der Waals surface area contributed by atoms with Crippen LogP contribution >= 0.6 is 0 Å². The van der Waals surface area contributed by atoms with Crippen molar-refractivity contribution in [1.29, 1.82) is 0 Å². The number of unbranched alkanes of at least 4 members (excludes halogenated alkanes) is 11.